The number of nitrogens with one attached hydrogen (secondary N) is 1. The molecule has 19 heteroatoms. The van der Waals surface area contributed by atoms with Gasteiger partial charge in [-0.25, -0.2) is 13.1 Å². The van der Waals surface area contributed by atoms with Crippen molar-refractivity contribution < 1.29 is 54.2 Å². The highest BCUT2D eigenvalue weighted by Gasteiger charge is 2.49. The van der Waals surface area contributed by atoms with Crippen LogP contribution >= 0.6 is 12.1 Å². The number of hydrogen-bond donors (Lipinski definition) is 1. The molecular formula is C37H40F8N6O4S. The van der Waals surface area contributed by atoms with E-state index in [1.807, 2.05) is 27.7 Å². The van der Waals surface area contributed by atoms with Crippen LogP contribution in [0.25, 0.3) is 11.3 Å². The van der Waals surface area contributed by atoms with Gasteiger partial charge in [-0.15, -0.1) is 4.41 Å². The van der Waals surface area contributed by atoms with E-state index in [1.165, 1.54) is 42.5 Å². The fraction of sp³-hybridized carbons (Fsp3) is 0.459. The van der Waals surface area contributed by atoms with Crippen LogP contribution in [0, 0.1) is 28.4 Å². The van der Waals surface area contributed by atoms with Crippen molar-refractivity contribution in [2.75, 3.05) is 36.2 Å². The first-order chi connectivity index (χ1) is 25.9. The van der Waals surface area contributed by atoms with Crippen LogP contribution in [0.1, 0.15) is 71.1 Å². The van der Waals surface area contributed by atoms with Crippen molar-refractivity contribution in [2.45, 2.75) is 78.3 Å². The number of carbonyl (C=O) groups is 2. The largest absolute Gasteiger partial charge is 0.494 e. The second kappa shape index (κ2) is 16.8. The third-order valence-corrected chi connectivity index (χ3v) is 9.87. The molecule has 304 valence electrons. The maximum atomic E-state index is 15.7. The van der Waals surface area contributed by atoms with E-state index < -0.39 is 69.1 Å². The number of amides is 2. The third kappa shape index (κ3) is 9.82. The summed E-state index contributed by atoms with van der Waals surface area (Å²) in [7, 11) is 1.34. The summed E-state index contributed by atoms with van der Waals surface area (Å²) in [5, 5.41) is 13.1. The van der Waals surface area contributed by atoms with Crippen molar-refractivity contribution in [1.29, 1.82) is 5.26 Å². The Balaban J connectivity index is 1.47. The normalized spacial score (nSPS) is 15.8. The summed E-state index contributed by atoms with van der Waals surface area (Å²) in [6, 6.07) is 6.61. The number of halogens is 8. The molecule has 2 amide bonds. The average Bonchev–Trinajstić information content (AvgIpc) is 3.08. The number of alkyl halides is 6. The molecule has 2 heterocycles. The van der Waals surface area contributed by atoms with Gasteiger partial charge in [-0.05, 0) is 69.4 Å². The molecule has 1 saturated heterocycles. The van der Waals surface area contributed by atoms with Crippen LogP contribution < -0.4 is 19.4 Å². The molecule has 1 aliphatic rings. The Bertz CT molecular complexity index is 1980. The number of nitrogens with zero attached hydrogens (tertiary/aromatic N) is 5. The summed E-state index contributed by atoms with van der Waals surface area (Å²) in [6.07, 6.45) is -8.32. The van der Waals surface area contributed by atoms with Crippen molar-refractivity contribution >= 4 is 35.3 Å². The van der Waals surface area contributed by atoms with Gasteiger partial charge in [0.25, 0.3) is 5.91 Å². The number of carbonyl (C=O) groups excluding carboxylic acids is 2. The molecule has 1 aromatic heterocycles. The highest BCUT2D eigenvalue weighted by Crippen LogP contribution is 2.45. The lowest BCUT2D eigenvalue weighted by molar-refractivity contribution is -0.140. The van der Waals surface area contributed by atoms with Crippen molar-refractivity contribution in [3.63, 3.8) is 0 Å². The number of hydrogen-bond acceptors (Lipinski definition) is 9. The van der Waals surface area contributed by atoms with Gasteiger partial charge in [0, 0.05) is 31.3 Å². The van der Waals surface area contributed by atoms with Crippen LogP contribution in [0.3, 0.4) is 0 Å². The van der Waals surface area contributed by atoms with E-state index in [0.29, 0.717) is 29.3 Å². The molecule has 56 heavy (non-hydrogen) atoms. The van der Waals surface area contributed by atoms with E-state index in [4.69, 9.17) is 14.7 Å². The minimum Gasteiger partial charge on any atom is -0.494 e. The fourth-order valence-electron chi connectivity index (χ4n) is 5.57. The lowest BCUT2D eigenvalue weighted by Crippen LogP contribution is -2.64. The van der Waals surface area contributed by atoms with Crippen LogP contribution in [0.2, 0.25) is 0 Å². The van der Waals surface area contributed by atoms with Gasteiger partial charge < -0.3 is 14.8 Å². The number of rotatable bonds is 12. The second-order valence-corrected chi connectivity index (χ2v) is 15.5. The summed E-state index contributed by atoms with van der Waals surface area (Å²) >= 11 is 0.446. The molecule has 0 bridgehead atoms. The van der Waals surface area contributed by atoms with E-state index in [0.717, 1.165) is 36.5 Å². The molecule has 0 aliphatic carbocycles. The van der Waals surface area contributed by atoms with Crippen LogP contribution in [-0.4, -0.2) is 59.7 Å². The Morgan fingerprint density at radius 3 is 2.27 bits per heavy atom. The summed E-state index contributed by atoms with van der Waals surface area (Å²) in [6.45, 7) is 10.6. The van der Waals surface area contributed by atoms with Crippen molar-refractivity contribution in [3.8, 4) is 23.1 Å². The highest BCUT2D eigenvalue weighted by molar-refractivity contribution is 7.99. The van der Waals surface area contributed by atoms with Gasteiger partial charge in [-0.3, -0.25) is 19.6 Å². The van der Waals surface area contributed by atoms with Crippen LogP contribution in [-0.2, 0) is 26.7 Å². The van der Waals surface area contributed by atoms with Gasteiger partial charge in [0.1, 0.15) is 29.2 Å². The number of benzene rings is 2. The Hall–Kier alpha value is -4.67. The summed E-state index contributed by atoms with van der Waals surface area (Å²) in [5.74, 6) is -4.39. The van der Waals surface area contributed by atoms with E-state index in [2.05, 4.69) is 10.3 Å². The number of hydrazine groups is 1. The smallest absolute Gasteiger partial charge is 0.420 e. The standard InChI is InChI=1S/C37H40F8N6O4S/c1-21(34(2,3)4)48-29(52)20-54-14-8-9-15-55-24-11-12-25(26(17-24)36(40,41)42)32-27(38)16-23(19-47-32)51-35(5,6)33(53)50(56-49(51)7)28-13-10-22(18-46)30(31(28)39)37(43,44)45/h10-13,16-17,19,21H,8-9,14-15,20H2,1-7H3,(H,48,52). The van der Waals surface area contributed by atoms with Gasteiger partial charge >= 0.3 is 12.4 Å². The van der Waals surface area contributed by atoms with Gasteiger partial charge in [-0.2, -0.15) is 31.6 Å². The van der Waals surface area contributed by atoms with E-state index in [-0.39, 0.29) is 48.6 Å². The zero-order chi connectivity index (χ0) is 42.0. The molecule has 1 N–H and O–H groups in total. The number of anilines is 2. The minimum atomic E-state index is -5.25. The SMILES string of the molecule is CC(NC(=O)COCCCCOc1ccc(-c2ncc(N3N(C)SN(c4ccc(C#N)c(C(F)(F)F)c4F)C(=O)C3(C)C)cc2F)c(C(F)(F)F)c1)C(C)(C)C. The Morgan fingerprint density at radius 1 is 1.02 bits per heavy atom. The topological polar surface area (TPSA) is 111 Å². The molecule has 1 unspecified atom stereocenters. The van der Waals surface area contributed by atoms with Crippen molar-refractivity contribution in [1.82, 2.24) is 14.7 Å². The zero-order valence-corrected chi connectivity index (χ0v) is 32.3. The molecule has 1 atom stereocenters. The Kier molecular flexibility index (Phi) is 13.2. The first-order valence-electron chi connectivity index (χ1n) is 17.1. The molecule has 1 fully saturated rings. The van der Waals surface area contributed by atoms with Crippen LogP contribution in [0.4, 0.5) is 46.5 Å². The summed E-state index contributed by atoms with van der Waals surface area (Å²) < 4.78 is 128. The van der Waals surface area contributed by atoms with Gasteiger partial charge in [0.15, 0.2) is 11.6 Å². The third-order valence-electron chi connectivity index (χ3n) is 8.95. The second-order valence-electron chi connectivity index (χ2n) is 14.4. The molecule has 0 radical (unpaired) electrons. The monoisotopic (exact) mass is 816 g/mol. The minimum absolute atomic E-state index is 0.0309. The fourth-order valence-corrected chi connectivity index (χ4v) is 6.70. The Labute approximate surface area is 323 Å². The molecule has 2 aromatic carbocycles. The molecule has 0 spiro atoms. The van der Waals surface area contributed by atoms with Crippen LogP contribution in [0.15, 0.2) is 42.6 Å². The average molecular weight is 817 g/mol. The van der Waals surface area contributed by atoms with E-state index in [9.17, 15) is 35.9 Å². The maximum Gasteiger partial charge on any atom is 0.420 e. The predicted molar refractivity (Wildman–Crippen MR) is 193 cm³/mol. The van der Waals surface area contributed by atoms with E-state index in [1.54, 1.807) is 0 Å². The van der Waals surface area contributed by atoms with E-state index >= 15 is 8.78 Å². The molecule has 0 saturated carbocycles. The predicted octanol–water partition coefficient (Wildman–Crippen LogP) is 8.70. The molecule has 1 aliphatic heterocycles. The summed E-state index contributed by atoms with van der Waals surface area (Å²) in [5.41, 5.74) is -8.08. The maximum absolute atomic E-state index is 15.7. The highest BCUT2D eigenvalue weighted by atomic mass is 32.2. The van der Waals surface area contributed by atoms with Crippen molar-refractivity contribution in [2.24, 2.45) is 5.41 Å². The number of nitriles is 1. The molecule has 10 nitrogen and oxygen atoms in total. The molecule has 4 rings (SSSR count). The Morgan fingerprint density at radius 2 is 1.68 bits per heavy atom. The lowest BCUT2D eigenvalue weighted by atomic mass is 9.88. The quantitative estimate of drug-likeness (QED) is 0.109. The van der Waals surface area contributed by atoms with Crippen LogP contribution in [0.5, 0.6) is 5.75 Å². The zero-order valence-electron chi connectivity index (χ0n) is 31.5. The number of ether oxygens (including phenoxy) is 2. The van der Waals surface area contributed by atoms with Gasteiger partial charge in [-0.1, -0.05) is 20.8 Å². The first kappa shape index (κ1) is 44.0. The van der Waals surface area contributed by atoms with Gasteiger partial charge in [0.2, 0.25) is 5.91 Å². The molecular weight excluding hydrogens is 776 g/mol. The summed E-state index contributed by atoms with van der Waals surface area (Å²) in [4.78, 5) is 29.7. The number of aromatic nitrogens is 1. The van der Waals surface area contributed by atoms with Crippen molar-refractivity contribution in [3.05, 3.63) is 70.9 Å². The lowest BCUT2D eigenvalue weighted by Gasteiger charge is -2.50. The molecule has 3 aromatic rings. The van der Waals surface area contributed by atoms with Gasteiger partial charge in [0.05, 0.1) is 53.5 Å². The number of unbranched alkanes of at least 4 members (excludes halogenated alkanes) is 1. The number of pyridine rings is 1. The first-order valence-corrected chi connectivity index (χ1v) is 17.9.